The predicted molar refractivity (Wildman–Crippen MR) is 96.4 cm³/mol. The minimum atomic E-state index is -0.256. The third kappa shape index (κ3) is 3.35. The smallest absolute Gasteiger partial charge is 0.280 e. The van der Waals surface area contributed by atoms with Gasteiger partial charge in [0, 0.05) is 10.2 Å². The number of hydrogen-bond donors (Lipinski definition) is 1. The topological polar surface area (TPSA) is 70.1 Å². The van der Waals surface area contributed by atoms with E-state index in [1.54, 1.807) is 19.2 Å². The normalized spacial score (nSPS) is 10.9. The van der Waals surface area contributed by atoms with E-state index in [4.69, 9.17) is 10.6 Å². The Kier molecular flexibility index (Phi) is 4.58. The number of benzene rings is 2. The zero-order chi connectivity index (χ0) is 16.4. The summed E-state index contributed by atoms with van der Waals surface area (Å²) in [6, 6.07) is 13.1. The minimum Gasteiger partial charge on any atom is -0.497 e. The molecule has 1 heterocycles. The number of methoxy groups -OCH3 is 1. The lowest BCUT2D eigenvalue weighted by Crippen LogP contribution is -2.29. The van der Waals surface area contributed by atoms with E-state index in [1.807, 2.05) is 30.3 Å². The molecule has 5 nitrogen and oxygen atoms in total. The molecule has 0 amide bonds. The Balaban J connectivity index is 1.89. The summed E-state index contributed by atoms with van der Waals surface area (Å²) in [5.74, 6) is 7.37. The van der Waals surface area contributed by atoms with Crippen molar-refractivity contribution in [3.63, 3.8) is 0 Å². The maximum Gasteiger partial charge on any atom is 0.280 e. The molecule has 3 aromatic rings. The van der Waals surface area contributed by atoms with Crippen LogP contribution in [0.3, 0.4) is 0 Å². The Hall–Kier alpha value is -1.99. The standard InChI is InChI=1S/C16H14BrN3O2S/c1-22-12-5-2-10(3-6-12)9-23-16-19-14-7-4-11(17)8-13(14)15(21)20(16)18/h2-8H,9,18H2,1H3. The summed E-state index contributed by atoms with van der Waals surface area (Å²) in [7, 11) is 1.63. The number of fused-ring (bicyclic) bond motifs is 1. The molecular weight excluding hydrogens is 378 g/mol. The van der Waals surface area contributed by atoms with Gasteiger partial charge in [0.2, 0.25) is 0 Å². The molecule has 2 aromatic carbocycles. The van der Waals surface area contributed by atoms with Crippen molar-refractivity contribution in [1.82, 2.24) is 9.66 Å². The third-order valence-corrected chi connectivity index (χ3v) is 4.87. The molecule has 0 aliphatic rings. The van der Waals surface area contributed by atoms with Crippen molar-refractivity contribution in [2.75, 3.05) is 13.0 Å². The maximum absolute atomic E-state index is 12.3. The van der Waals surface area contributed by atoms with Gasteiger partial charge in [-0.05, 0) is 35.9 Å². The molecule has 2 N–H and O–H groups in total. The van der Waals surface area contributed by atoms with E-state index < -0.39 is 0 Å². The maximum atomic E-state index is 12.3. The van der Waals surface area contributed by atoms with Crippen molar-refractivity contribution in [2.45, 2.75) is 10.9 Å². The molecule has 0 unspecified atom stereocenters. The van der Waals surface area contributed by atoms with Gasteiger partial charge in [-0.3, -0.25) is 4.79 Å². The fraction of sp³-hybridized carbons (Fsp3) is 0.125. The molecule has 23 heavy (non-hydrogen) atoms. The molecule has 0 aliphatic heterocycles. The first-order valence-electron chi connectivity index (χ1n) is 6.81. The second kappa shape index (κ2) is 6.64. The number of ether oxygens (including phenoxy) is 1. The van der Waals surface area contributed by atoms with Gasteiger partial charge in [-0.25, -0.2) is 9.66 Å². The Bertz CT molecular complexity index is 910. The lowest BCUT2D eigenvalue weighted by Gasteiger charge is -2.09. The molecule has 0 spiro atoms. The van der Waals surface area contributed by atoms with Crippen molar-refractivity contribution in [3.8, 4) is 5.75 Å². The summed E-state index contributed by atoms with van der Waals surface area (Å²) >= 11 is 4.77. The molecular formula is C16H14BrN3O2S. The van der Waals surface area contributed by atoms with E-state index in [-0.39, 0.29) is 5.56 Å². The third-order valence-electron chi connectivity index (χ3n) is 3.36. The van der Waals surface area contributed by atoms with Gasteiger partial charge in [0.15, 0.2) is 5.16 Å². The highest BCUT2D eigenvalue weighted by molar-refractivity contribution is 9.10. The molecule has 118 valence electrons. The van der Waals surface area contributed by atoms with Gasteiger partial charge in [0.25, 0.3) is 5.56 Å². The van der Waals surface area contributed by atoms with Crippen LogP contribution >= 0.6 is 27.7 Å². The van der Waals surface area contributed by atoms with Gasteiger partial charge in [0.05, 0.1) is 18.0 Å². The van der Waals surface area contributed by atoms with Crippen molar-refractivity contribution in [1.29, 1.82) is 0 Å². The Labute approximate surface area is 145 Å². The SMILES string of the molecule is COc1ccc(CSc2nc3ccc(Br)cc3c(=O)n2N)cc1. The fourth-order valence-corrected chi connectivity index (χ4v) is 3.36. The van der Waals surface area contributed by atoms with E-state index >= 15 is 0 Å². The second-order valence-corrected chi connectivity index (χ2v) is 6.73. The van der Waals surface area contributed by atoms with Gasteiger partial charge in [-0.1, -0.05) is 39.8 Å². The number of nitrogens with two attached hydrogens (primary N) is 1. The summed E-state index contributed by atoms with van der Waals surface area (Å²) in [5, 5.41) is 0.983. The average molecular weight is 392 g/mol. The zero-order valence-electron chi connectivity index (χ0n) is 12.3. The highest BCUT2D eigenvalue weighted by Crippen LogP contribution is 2.23. The van der Waals surface area contributed by atoms with E-state index in [0.29, 0.717) is 21.8 Å². The van der Waals surface area contributed by atoms with Gasteiger partial charge in [-0.2, -0.15) is 0 Å². The second-order valence-electron chi connectivity index (χ2n) is 4.87. The van der Waals surface area contributed by atoms with Gasteiger partial charge in [0.1, 0.15) is 5.75 Å². The van der Waals surface area contributed by atoms with Gasteiger partial charge < -0.3 is 10.6 Å². The number of nitrogen functional groups attached to an aromatic ring is 1. The van der Waals surface area contributed by atoms with Gasteiger partial charge >= 0.3 is 0 Å². The Morgan fingerprint density at radius 1 is 1.26 bits per heavy atom. The number of halogens is 1. The van der Waals surface area contributed by atoms with Crippen LogP contribution in [0.2, 0.25) is 0 Å². The summed E-state index contributed by atoms with van der Waals surface area (Å²) in [5.41, 5.74) is 1.48. The largest absolute Gasteiger partial charge is 0.497 e. The Morgan fingerprint density at radius 2 is 2.00 bits per heavy atom. The predicted octanol–water partition coefficient (Wildman–Crippen LogP) is 3.17. The quantitative estimate of drug-likeness (QED) is 0.420. The molecule has 0 bridgehead atoms. The van der Waals surface area contributed by atoms with E-state index in [0.717, 1.165) is 20.5 Å². The molecule has 0 radical (unpaired) electrons. The van der Waals surface area contributed by atoms with E-state index in [1.165, 1.54) is 11.8 Å². The number of rotatable bonds is 4. The molecule has 1 aromatic heterocycles. The van der Waals surface area contributed by atoms with Crippen LogP contribution in [0.4, 0.5) is 0 Å². The first-order chi connectivity index (χ1) is 11.1. The molecule has 0 saturated carbocycles. The van der Waals surface area contributed by atoms with Crippen LogP contribution < -0.4 is 16.1 Å². The first-order valence-corrected chi connectivity index (χ1v) is 8.59. The van der Waals surface area contributed by atoms with Crippen LogP contribution in [0.1, 0.15) is 5.56 Å². The fourth-order valence-electron chi connectivity index (χ4n) is 2.12. The van der Waals surface area contributed by atoms with Crippen molar-refractivity contribution in [2.24, 2.45) is 0 Å². The summed E-state index contributed by atoms with van der Waals surface area (Å²) in [4.78, 5) is 16.8. The van der Waals surface area contributed by atoms with E-state index in [2.05, 4.69) is 20.9 Å². The lowest BCUT2D eigenvalue weighted by atomic mass is 10.2. The lowest BCUT2D eigenvalue weighted by molar-refractivity contribution is 0.414. The van der Waals surface area contributed by atoms with Crippen molar-refractivity contribution >= 4 is 38.6 Å². The molecule has 0 aliphatic carbocycles. The number of thioether (sulfide) groups is 1. The molecule has 0 saturated heterocycles. The molecule has 0 fully saturated rings. The summed E-state index contributed by atoms with van der Waals surface area (Å²) < 4.78 is 7.06. The zero-order valence-corrected chi connectivity index (χ0v) is 14.7. The number of aromatic nitrogens is 2. The Morgan fingerprint density at radius 3 is 2.70 bits per heavy atom. The van der Waals surface area contributed by atoms with Crippen LogP contribution in [-0.4, -0.2) is 16.8 Å². The van der Waals surface area contributed by atoms with Gasteiger partial charge in [-0.15, -0.1) is 0 Å². The van der Waals surface area contributed by atoms with Crippen LogP contribution in [0, 0.1) is 0 Å². The highest BCUT2D eigenvalue weighted by Gasteiger charge is 2.10. The number of nitrogens with zero attached hydrogens (tertiary/aromatic N) is 2. The van der Waals surface area contributed by atoms with Crippen molar-refractivity contribution < 1.29 is 4.74 Å². The van der Waals surface area contributed by atoms with Crippen LogP contribution in [0.5, 0.6) is 5.75 Å². The molecule has 0 atom stereocenters. The average Bonchev–Trinajstić information content (AvgIpc) is 2.58. The van der Waals surface area contributed by atoms with Crippen molar-refractivity contribution in [3.05, 3.63) is 62.9 Å². The van der Waals surface area contributed by atoms with E-state index in [9.17, 15) is 4.79 Å². The molecule has 3 rings (SSSR count). The monoisotopic (exact) mass is 391 g/mol. The highest BCUT2D eigenvalue weighted by atomic mass is 79.9. The van der Waals surface area contributed by atoms with Crippen LogP contribution in [0.25, 0.3) is 10.9 Å². The number of hydrogen-bond acceptors (Lipinski definition) is 5. The molecule has 7 heteroatoms. The van der Waals surface area contributed by atoms with Crippen LogP contribution in [-0.2, 0) is 5.75 Å². The van der Waals surface area contributed by atoms with Crippen LogP contribution in [0.15, 0.2) is 56.9 Å². The first kappa shape index (κ1) is 15.9. The minimum absolute atomic E-state index is 0.256. The summed E-state index contributed by atoms with van der Waals surface area (Å²) in [6.07, 6.45) is 0. The summed E-state index contributed by atoms with van der Waals surface area (Å²) in [6.45, 7) is 0.